The molecule has 0 saturated carbocycles. The van der Waals surface area contributed by atoms with E-state index in [1.54, 1.807) is 0 Å². The third-order valence-corrected chi connectivity index (χ3v) is 6.11. The summed E-state index contributed by atoms with van der Waals surface area (Å²) in [4.78, 5) is 47.5. The summed E-state index contributed by atoms with van der Waals surface area (Å²) >= 11 is 0. The Morgan fingerprint density at radius 2 is 1.30 bits per heavy atom. The first kappa shape index (κ1) is 30.9. The molecule has 0 heterocycles. The highest BCUT2D eigenvalue weighted by atomic mass is 16.4. The van der Waals surface area contributed by atoms with Crippen molar-refractivity contribution in [2.75, 3.05) is 0 Å². The van der Waals surface area contributed by atoms with Gasteiger partial charge in [-0.2, -0.15) is 0 Å². The Bertz CT molecular complexity index is 582. The number of amides is 3. The van der Waals surface area contributed by atoms with Gasteiger partial charge in [-0.25, -0.2) is 4.79 Å². The van der Waals surface area contributed by atoms with Gasteiger partial charge in [-0.1, -0.05) is 91.4 Å². The average Bonchev–Trinajstić information content (AvgIpc) is 2.77. The lowest BCUT2D eigenvalue weighted by Gasteiger charge is -2.25. The van der Waals surface area contributed by atoms with Crippen LogP contribution in [-0.4, -0.2) is 40.9 Å². The van der Waals surface area contributed by atoms with E-state index in [1.165, 1.54) is 51.4 Å². The van der Waals surface area contributed by atoms with Gasteiger partial charge in [-0.3, -0.25) is 14.4 Å². The number of primary amides is 1. The van der Waals surface area contributed by atoms with Crippen molar-refractivity contribution in [3.63, 3.8) is 0 Å². The van der Waals surface area contributed by atoms with Crippen LogP contribution >= 0.6 is 0 Å². The van der Waals surface area contributed by atoms with E-state index in [0.717, 1.165) is 19.3 Å². The Labute approximate surface area is 199 Å². The van der Waals surface area contributed by atoms with Gasteiger partial charge < -0.3 is 21.5 Å². The number of carboxylic acid groups (broad SMARTS) is 1. The zero-order valence-corrected chi connectivity index (χ0v) is 21.0. The Balaban J connectivity index is 4.33. The van der Waals surface area contributed by atoms with Gasteiger partial charge in [0.25, 0.3) is 0 Å². The predicted molar refractivity (Wildman–Crippen MR) is 130 cm³/mol. The van der Waals surface area contributed by atoms with Gasteiger partial charge in [0, 0.05) is 12.8 Å². The molecule has 0 rings (SSSR count). The molecule has 0 aromatic carbocycles. The van der Waals surface area contributed by atoms with Crippen LogP contribution in [0.4, 0.5) is 0 Å². The number of nitrogens with two attached hydrogens (primary N) is 1. The van der Waals surface area contributed by atoms with Crippen molar-refractivity contribution < 1.29 is 24.3 Å². The largest absolute Gasteiger partial charge is 0.480 e. The van der Waals surface area contributed by atoms with Gasteiger partial charge in [-0.05, 0) is 18.8 Å². The quantitative estimate of drug-likeness (QED) is 0.188. The molecule has 3 amide bonds. The Hall–Kier alpha value is -2.12. The molecule has 8 nitrogen and oxygen atoms in total. The first-order chi connectivity index (χ1) is 15.7. The molecule has 0 fully saturated rings. The molecule has 0 aliphatic carbocycles. The molecular formula is C25H47N3O5. The zero-order chi connectivity index (χ0) is 25.1. The molecule has 0 aliphatic heterocycles. The molecule has 0 unspecified atom stereocenters. The summed E-state index contributed by atoms with van der Waals surface area (Å²) in [5, 5.41) is 14.5. The van der Waals surface area contributed by atoms with Crippen molar-refractivity contribution in [2.45, 2.75) is 129 Å². The summed E-state index contributed by atoms with van der Waals surface area (Å²) in [7, 11) is 0. The Morgan fingerprint density at radius 1 is 0.788 bits per heavy atom. The van der Waals surface area contributed by atoms with Crippen LogP contribution in [0.15, 0.2) is 0 Å². The van der Waals surface area contributed by atoms with E-state index in [0.29, 0.717) is 12.8 Å². The maximum Gasteiger partial charge on any atom is 0.326 e. The van der Waals surface area contributed by atoms with Gasteiger partial charge in [0.15, 0.2) is 0 Å². The fourth-order valence-electron chi connectivity index (χ4n) is 3.70. The van der Waals surface area contributed by atoms with Crippen molar-refractivity contribution in [3.8, 4) is 0 Å². The Kier molecular flexibility index (Phi) is 18.1. The van der Waals surface area contributed by atoms with Crippen LogP contribution in [0.1, 0.15) is 117 Å². The van der Waals surface area contributed by atoms with Crippen LogP contribution in [-0.2, 0) is 19.2 Å². The highest BCUT2D eigenvalue weighted by Crippen LogP contribution is 2.13. The van der Waals surface area contributed by atoms with E-state index in [-0.39, 0.29) is 24.7 Å². The van der Waals surface area contributed by atoms with Crippen molar-refractivity contribution in [2.24, 2.45) is 11.7 Å². The molecule has 8 heteroatoms. The van der Waals surface area contributed by atoms with Crippen molar-refractivity contribution in [1.29, 1.82) is 0 Å². The fraction of sp³-hybridized carbons (Fsp3) is 0.840. The van der Waals surface area contributed by atoms with Crippen LogP contribution in [0.25, 0.3) is 0 Å². The van der Waals surface area contributed by atoms with Crippen LogP contribution in [0.5, 0.6) is 0 Å². The second-order valence-corrected chi connectivity index (χ2v) is 9.12. The normalized spacial score (nSPS) is 13.7. The number of unbranched alkanes of at least 4 members (excludes halogenated alkanes) is 10. The molecule has 0 aliphatic rings. The second-order valence-electron chi connectivity index (χ2n) is 9.12. The lowest BCUT2D eigenvalue weighted by atomic mass is 9.97. The van der Waals surface area contributed by atoms with E-state index in [2.05, 4.69) is 17.6 Å². The molecule has 33 heavy (non-hydrogen) atoms. The minimum atomic E-state index is -1.24. The number of carbonyl (C=O) groups excluding carboxylic acids is 3. The van der Waals surface area contributed by atoms with Crippen LogP contribution < -0.4 is 16.4 Å². The highest BCUT2D eigenvalue weighted by molar-refractivity contribution is 5.90. The maximum atomic E-state index is 12.7. The van der Waals surface area contributed by atoms with Crippen molar-refractivity contribution >= 4 is 23.7 Å². The van der Waals surface area contributed by atoms with Crippen LogP contribution in [0.3, 0.4) is 0 Å². The van der Waals surface area contributed by atoms with Gasteiger partial charge >= 0.3 is 5.97 Å². The minimum Gasteiger partial charge on any atom is -0.480 e. The molecule has 0 bridgehead atoms. The summed E-state index contributed by atoms with van der Waals surface area (Å²) in [5.41, 5.74) is 5.08. The molecule has 0 aromatic rings. The van der Waals surface area contributed by atoms with Crippen LogP contribution in [0, 0.1) is 5.92 Å². The Morgan fingerprint density at radius 3 is 1.76 bits per heavy atom. The molecular weight excluding hydrogens is 422 g/mol. The third kappa shape index (κ3) is 16.2. The first-order valence-corrected chi connectivity index (χ1v) is 12.8. The van der Waals surface area contributed by atoms with Crippen molar-refractivity contribution in [3.05, 3.63) is 0 Å². The van der Waals surface area contributed by atoms with Gasteiger partial charge in [0.2, 0.25) is 17.7 Å². The molecule has 3 atom stereocenters. The number of rotatable bonds is 21. The average molecular weight is 470 g/mol. The lowest BCUT2D eigenvalue weighted by Crippen LogP contribution is -2.54. The molecule has 0 spiro atoms. The number of hydrogen-bond donors (Lipinski definition) is 4. The third-order valence-electron chi connectivity index (χ3n) is 6.11. The molecule has 0 radical (unpaired) electrons. The lowest BCUT2D eigenvalue weighted by molar-refractivity contribution is -0.142. The molecule has 0 saturated heterocycles. The number of nitrogens with one attached hydrogen (secondary N) is 2. The van der Waals surface area contributed by atoms with E-state index in [9.17, 15) is 24.3 Å². The summed E-state index contributed by atoms with van der Waals surface area (Å²) in [6, 6.07) is -2.04. The van der Waals surface area contributed by atoms with E-state index in [1.807, 2.05) is 13.8 Å². The monoisotopic (exact) mass is 469 g/mol. The summed E-state index contributed by atoms with van der Waals surface area (Å²) in [6.45, 7) is 5.97. The van der Waals surface area contributed by atoms with Gasteiger partial charge in [-0.15, -0.1) is 0 Å². The SMILES string of the molecule is CCCCCCCCCCCCCC(=O)N[C@H](C(=O)N[C@@H](CCC(N)=O)C(=O)O)[C@@H](C)CC. The predicted octanol–water partition coefficient (Wildman–Crippen LogP) is 4.05. The van der Waals surface area contributed by atoms with E-state index < -0.39 is 29.9 Å². The second kappa shape index (κ2) is 19.4. The number of carboxylic acids is 1. The molecule has 0 aromatic heterocycles. The van der Waals surface area contributed by atoms with E-state index >= 15 is 0 Å². The number of hydrogen-bond acceptors (Lipinski definition) is 4. The number of carbonyl (C=O) groups is 4. The number of aliphatic carboxylic acids is 1. The smallest absolute Gasteiger partial charge is 0.326 e. The topological polar surface area (TPSA) is 139 Å². The summed E-state index contributed by atoms with van der Waals surface area (Å²) < 4.78 is 0. The maximum absolute atomic E-state index is 12.7. The fourth-order valence-corrected chi connectivity index (χ4v) is 3.70. The highest BCUT2D eigenvalue weighted by Gasteiger charge is 2.29. The zero-order valence-electron chi connectivity index (χ0n) is 21.0. The first-order valence-electron chi connectivity index (χ1n) is 12.8. The van der Waals surface area contributed by atoms with E-state index in [4.69, 9.17) is 5.73 Å². The van der Waals surface area contributed by atoms with Gasteiger partial charge in [0.1, 0.15) is 12.1 Å². The molecule has 5 N–H and O–H groups in total. The molecule has 192 valence electrons. The standard InChI is InChI=1S/C25H47N3O5/c1-4-6-7-8-9-10-11-12-13-14-15-16-22(30)28-23(19(3)5-2)24(31)27-20(25(32)33)17-18-21(26)29/h19-20,23H,4-18H2,1-3H3,(H2,26,29)(H,27,31)(H,28,30)(H,32,33)/t19-,20-,23-/m0/s1. The van der Waals surface area contributed by atoms with Crippen molar-refractivity contribution in [1.82, 2.24) is 10.6 Å². The van der Waals surface area contributed by atoms with Gasteiger partial charge in [0.05, 0.1) is 0 Å². The summed E-state index contributed by atoms with van der Waals surface area (Å²) in [6.07, 6.45) is 13.9. The minimum absolute atomic E-state index is 0.0870. The summed E-state index contributed by atoms with van der Waals surface area (Å²) in [5.74, 6) is -2.77. The van der Waals surface area contributed by atoms with Crippen LogP contribution in [0.2, 0.25) is 0 Å².